The van der Waals surface area contributed by atoms with Gasteiger partial charge in [0.1, 0.15) is 0 Å². The summed E-state index contributed by atoms with van der Waals surface area (Å²) >= 11 is 1.25. The van der Waals surface area contributed by atoms with Crippen LogP contribution in [-0.2, 0) is 5.75 Å². The quantitative estimate of drug-likeness (QED) is 0.376. The summed E-state index contributed by atoms with van der Waals surface area (Å²) in [5.41, 5.74) is 7.52. The Labute approximate surface area is 108 Å². The van der Waals surface area contributed by atoms with E-state index in [4.69, 9.17) is 16.1 Å². The first-order valence-electron chi connectivity index (χ1n) is 5.25. The molecule has 18 heavy (non-hydrogen) atoms. The summed E-state index contributed by atoms with van der Waals surface area (Å²) < 4.78 is 5.14. The predicted octanol–water partition coefficient (Wildman–Crippen LogP) is 1.47. The van der Waals surface area contributed by atoms with Crippen LogP contribution in [0.1, 0.15) is 11.5 Å². The van der Waals surface area contributed by atoms with Gasteiger partial charge in [-0.3, -0.25) is 0 Å². The Morgan fingerprint density at radius 3 is 2.94 bits per heavy atom. The number of nitrogens with two attached hydrogens (primary N) is 2. The highest BCUT2D eigenvalue weighted by molar-refractivity contribution is 8.13. The van der Waals surface area contributed by atoms with Crippen molar-refractivity contribution in [3.05, 3.63) is 35.7 Å². The number of thioether (sulfide) groups is 1. The predicted molar refractivity (Wildman–Crippen MR) is 71.6 cm³/mol. The van der Waals surface area contributed by atoms with E-state index in [0.29, 0.717) is 17.5 Å². The van der Waals surface area contributed by atoms with Crippen molar-refractivity contribution in [2.24, 2.45) is 16.7 Å². The van der Waals surface area contributed by atoms with Crippen LogP contribution in [0.3, 0.4) is 0 Å². The van der Waals surface area contributed by atoms with Crippen molar-refractivity contribution in [2.45, 2.75) is 12.7 Å². The van der Waals surface area contributed by atoms with Crippen LogP contribution in [0.15, 0.2) is 33.9 Å². The van der Waals surface area contributed by atoms with Gasteiger partial charge in [-0.1, -0.05) is 41.2 Å². The molecule has 4 N–H and O–H groups in total. The molecular weight excluding hydrogens is 250 g/mol. The van der Waals surface area contributed by atoms with Gasteiger partial charge in [0.15, 0.2) is 5.17 Å². The summed E-state index contributed by atoms with van der Waals surface area (Å²) in [6.45, 7) is 2.00. The Morgan fingerprint density at radius 1 is 1.44 bits per heavy atom. The molecule has 0 aliphatic heterocycles. The minimum absolute atomic E-state index is 0.283. The van der Waals surface area contributed by atoms with Gasteiger partial charge < -0.3 is 16.1 Å². The van der Waals surface area contributed by atoms with Crippen LogP contribution in [0.25, 0.3) is 11.4 Å². The summed E-state index contributed by atoms with van der Waals surface area (Å²) in [6, 6.07) is 7.85. The Morgan fingerprint density at radius 2 is 2.22 bits per heavy atom. The molecule has 0 bridgehead atoms. The molecule has 0 saturated carbocycles. The van der Waals surface area contributed by atoms with Crippen LogP contribution in [-0.4, -0.2) is 15.3 Å². The van der Waals surface area contributed by atoms with Gasteiger partial charge >= 0.3 is 0 Å². The molecule has 2 rings (SSSR count). The van der Waals surface area contributed by atoms with Crippen molar-refractivity contribution in [1.82, 2.24) is 10.1 Å². The van der Waals surface area contributed by atoms with Gasteiger partial charge in [0, 0.05) is 5.56 Å². The Bertz CT molecular complexity index is 566. The highest BCUT2D eigenvalue weighted by atomic mass is 32.2. The number of nitrogens with zero attached hydrogens (tertiary/aromatic N) is 3. The fourth-order valence-corrected chi connectivity index (χ4v) is 1.88. The molecule has 0 atom stereocenters. The van der Waals surface area contributed by atoms with E-state index >= 15 is 0 Å². The monoisotopic (exact) mass is 263 g/mol. The number of benzene rings is 1. The van der Waals surface area contributed by atoms with Crippen LogP contribution in [0.2, 0.25) is 0 Å². The molecule has 0 saturated heterocycles. The number of amidine groups is 1. The summed E-state index contributed by atoms with van der Waals surface area (Å²) in [7, 11) is 0. The first-order valence-corrected chi connectivity index (χ1v) is 6.24. The highest BCUT2D eigenvalue weighted by Gasteiger charge is 2.10. The van der Waals surface area contributed by atoms with Crippen LogP contribution in [0.5, 0.6) is 0 Å². The molecule has 0 fully saturated rings. The molecule has 1 heterocycles. The molecule has 1 aromatic carbocycles. The summed E-state index contributed by atoms with van der Waals surface area (Å²) in [6.07, 6.45) is 0. The van der Waals surface area contributed by atoms with Crippen LogP contribution < -0.4 is 11.6 Å². The maximum Gasteiger partial charge on any atom is 0.237 e. The van der Waals surface area contributed by atoms with Crippen LogP contribution in [0.4, 0.5) is 0 Å². The zero-order valence-electron chi connectivity index (χ0n) is 9.83. The fourth-order valence-electron chi connectivity index (χ4n) is 1.42. The highest BCUT2D eigenvalue weighted by Crippen LogP contribution is 2.21. The number of hydrogen-bond donors (Lipinski definition) is 2. The van der Waals surface area contributed by atoms with Crippen molar-refractivity contribution in [1.29, 1.82) is 0 Å². The molecule has 94 valence electrons. The maximum absolute atomic E-state index is 5.46. The standard InChI is InChI=1S/C11H13N5OS/c1-7-4-2-3-5-8(7)10-14-9(17-16-10)6-18-11(12)15-13/h2-5H,6,13H2,1H3,(H2,12,15). The van der Waals surface area contributed by atoms with Gasteiger partial charge in [-0.2, -0.15) is 10.1 Å². The summed E-state index contributed by atoms with van der Waals surface area (Å²) in [5.74, 6) is 6.54. The first kappa shape index (κ1) is 12.4. The zero-order chi connectivity index (χ0) is 13.0. The third kappa shape index (κ3) is 2.80. The fraction of sp³-hybridized carbons (Fsp3) is 0.182. The van der Waals surface area contributed by atoms with Crippen molar-refractivity contribution in [2.75, 3.05) is 0 Å². The normalized spacial score (nSPS) is 11.7. The Hall–Kier alpha value is -2.02. The molecule has 0 radical (unpaired) electrons. The number of hydrogen-bond acceptors (Lipinski definition) is 6. The molecule has 0 spiro atoms. The second kappa shape index (κ2) is 5.54. The largest absolute Gasteiger partial charge is 0.377 e. The van der Waals surface area contributed by atoms with E-state index in [1.807, 2.05) is 31.2 Å². The average Bonchev–Trinajstić information content (AvgIpc) is 2.85. The molecule has 1 aromatic heterocycles. The molecule has 0 unspecified atom stereocenters. The molecule has 2 aromatic rings. The third-order valence-electron chi connectivity index (χ3n) is 2.32. The van der Waals surface area contributed by atoms with Crippen molar-refractivity contribution < 1.29 is 4.52 Å². The van der Waals surface area contributed by atoms with Gasteiger partial charge in [-0.15, -0.1) is 0 Å². The SMILES string of the molecule is Cc1ccccc1-c1noc(CSC(N)=NN)n1. The van der Waals surface area contributed by atoms with E-state index in [-0.39, 0.29) is 5.17 Å². The summed E-state index contributed by atoms with van der Waals surface area (Å²) in [4.78, 5) is 4.30. The van der Waals surface area contributed by atoms with Crippen molar-refractivity contribution in [3.63, 3.8) is 0 Å². The first-order chi connectivity index (χ1) is 8.70. The lowest BCUT2D eigenvalue weighted by Crippen LogP contribution is -2.09. The number of rotatable bonds is 3. The lowest BCUT2D eigenvalue weighted by atomic mass is 10.1. The number of aromatic nitrogens is 2. The second-order valence-electron chi connectivity index (χ2n) is 3.58. The van der Waals surface area contributed by atoms with Gasteiger partial charge in [0.05, 0.1) is 5.75 Å². The van der Waals surface area contributed by atoms with Gasteiger partial charge in [0.25, 0.3) is 0 Å². The number of hydrazone groups is 1. The number of aryl methyl sites for hydroxylation is 1. The molecule has 6 nitrogen and oxygen atoms in total. The summed E-state index contributed by atoms with van der Waals surface area (Å²) in [5, 5.41) is 7.57. The molecule has 0 aliphatic carbocycles. The molecule has 7 heteroatoms. The maximum atomic E-state index is 5.46. The topological polar surface area (TPSA) is 103 Å². The minimum atomic E-state index is 0.283. The van der Waals surface area contributed by atoms with E-state index in [1.165, 1.54) is 11.8 Å². The Kier molecular flexibility index (Phi) is 3.83. The van der Waals surface area contributed by atoms with E-state index < -0.39 is 0 Å². The van der Waals surface area contributed by atoms with Crippen molar-refractivity contribution in [3.8, 4) is 11.4 Å². The average molecular weight is 263 g/mol. The lowest BCUT2D eigenvalue weighted by Gasteiger charge is -1.98. The van der Waals surface area contributed by atoms with E-state index in [1.54, 1.807) is 0 Å². The minimum Gasteiger partial charge on any atom is -0.377 e. The molecule has 0 amide bonds. The van der Waals surface area contributed by atoms with E-state index in [9.17, 15) is 0 Å². The smallest absolute Gasteiger partial charge is 0.237 e. The van der Waals surface area contributed by atoms with Gasteiger partial charge in [0.2, 0.25) is 11.7 Å². The van der Waals surface area contributed by atoms with Gasteiger partial charge in [-0.25, -0.2) is 0 Å². The zero-order valence-corrected chi connectivity index (χ0v) is 10.6. The van der Waals surface area contributed by atoms with E-state index in [2.05, 4.69) is 15.2 Å². The van der Waals surface area contributed by atoms with Crippen molar-refractivity contribution >= 4 is 16.9 Å². The molecule has 0 aliphatic rings. The van der Waals surface area contributed by atoms with Crippen LogP contribution in [0, 0.1) is 6.92 Å². The second-order valence-corrected chi connectivity index (χ2v) is 4.58. The van der Waals surface area contributed by atoms with Gasteiger partial charge in [-0.05, 0) is 12.5 Å². The molecular formula is C11H13N5OS. The lowest BCUT2D eigenvalue weighted by molar-refractivity contribution is 0.392. The third-order valence-corrected chi connectivity index (χ3v) is 3.12. The van der Waals surface area contributed by atoms with Crippen LogP contribution >= 0.6 is 11.8 Å². The van der Waals surface area contributed by atoms with E-state index in [0.717, 1.165) is 11.1 Å². The Balaban J connectivity index is 2.14.